The van der Waals surface area contributed by atoms with Crippen LogP contribution in [-0.4, -0.2) is 13.1 Å². The molecule has 0 aliphatic rings. The first kappa shape index (κ1) is 15.1. The van der Waals surface area contributed by atoms with E-state index in [9.17, 15) is 0 Å². The van der Waals surface area contributed by atoms with Crippen LogP contribution in [0.4, 0.5) is 0 Å². The van der Waals surface area contributed by atoms with Crippen molar-refractivity contribution in [3.63, 3.8) is 0 Å². The summed E-state index contributed by atoms with van der Waals surface area (Å²) in [6.45, 7) is 4.56. The number of nitrogens with one attached hydrogen (secondary N) is 1. The molecule has 1 unspecified atom stereocenters. The van der Waals surface area contributed by atoms with Gasteiger partial charge in [-0.15, -0.1) is 0 Å². The van der Waals surface area contributed by atoms with E-state index in [4.69, 9.17) is 11.6 Å². The van der Waals surface area contributed by atoms with Gasteiger partial charge in [-0.3, -0.25) is 0 Å². The summed E-state index contributed by atoms with van der Waals surface area (Å²) < 4.78 is 0. The van der Waals surface area contributed by atoms with Crippen molar-refractivity contribution >= 4 is 11.6 Å². The fraction of sp³-hybridized carbons (Fsp3) is 0.333. The highest BCUT2D eigenvalue weighted by Gasteiger charge is 2.30. The zero-order valence-corrected chi connectivity index (χ0v) is 13.1. The van der Waals surface area contributed by atoms with E-state index >= 15 is 0 Å². The van der Waals surface area contributed by atoms with Crippen molar-refractivity contribution in [2.24, 2.45) is 0 Å². The normalized spacial score (nSPS) is 13.2. The minimum Gasteiger partial charge on any atom is -0.316 e. The van der Waals surface area contributed by atoms with Gasteiger partial charge in [0.05, 0.1) is 0 Å². The third kappa shape index (κ3) is 3.23. The van der Waals surface area contributed by atoms with Gasteiger partial charge in [0, 0.05) is 16.5 Å². The number of rotatable bonds is 5. The van der Waals surface area contributed by atoms with E-state index < -0.39 is 0 Å². The third-order valence-corrected chi connectivity index (χ3v) is 4.49. The number of halogens is 1. The lowest BCUT2D eigenvalue weighted by molar-refractivity contribution is 0.356. The van der Waals surface area contributed by atoms with Crippen LogP contribution in [0.1, 0.15) is 25.0 Å². The monoisotopic (exact) mass is 287 g/mol. The summed E-state index contributed by atoms with van der Waals surface area (Å²) in [5.74, 6) is 0. The van der Waals surface area contributed by atoms with Gasteiger partial charge < -0.3 is 5.32 Å². The van der Waals surface area contributed by atoms with Gasteiger partial charge in [0.1, 0.15) is 0 Å². The lowest BCUT2D eigenvalue weighted by Crippen LogP contribution is -2.44. The summed E-state index contributed by atoms with van der Waals surface area (Å²) in [6, 6.07) is 19.0. The van der Waals surface area contributed by atoms with E-state index in [1.54, 1.807) is 0 Å². The van der Waals surface area contributed by atoms with E-state index in [-0.39, 0.29) is 5.41 Å². The second-order valence-corrected chi connectivity index (χ2v) is 6.13. The molecular weight excluding hydrogens is 266 g/mol. The molecule has 1 atom stereocenters. The van der Waals surface area contributed by atoms with Crippen LogP contribution in [0.15, 0.2) is 54.6 Å². The molecule has 2 rings (SSSR count). The molecule has 0 aliphatic carbocycles. The van der Waals surface area contributed by atoms with Crippen molar-refractivity contribution in [3.05, 3.63) is 70.7 Å². The van der Waals surface area contributed by atoms with E-state index in [2.05, 4.69) is 55.6 Å². The number of benzene rings is 2. The van der Waals surface area contributed by atoms with Crippen molar-refractivity contribution in [3.8, 4) is 0 Å². The molecule has 1 N–H and O–H groups in total. The van der Waals surface area contributed by atoms with Crippen molar-refractivity contribution in [2.45, 2.75) is 31.7 Å². The molecule has 0 saturated heterocycles. The number of hydrogen-bond acceptors (Lipinski definition) is 1. The molecule has 0 radical (unpaired) electrons. The number of likely N-dealkylation sites (N-methyl/N-ethyl adjacent to an activating group) is 1. The maximum atomic E-state index is 6.29. The summed E-state index contributed by atoms with van der Waals surface area (Å²) in [5, 5.41) is 4.30. The summed E-state index contributed by atoms with van der Waals surface area (Å²) in [7, 11) is 2.02. The van der Waals surface area contributed by atoms with Crippen molar-refractivity contribution in [1.29, 1.82) is 0 Å². The molecule has 0 aliphatic heterocycles. The Bertz CT molecular complexity index is 548. The van der Waals surface area contributed by atoms with Gasteiger partial charge in [-0.2, -0.15) is 0 Å². The fourth-order valence-corrected chi connectivity index (χ4v) is 2.88. The van der Waals surface area contributed by atoms with Gasteiger partial charge in [-0.05, 0) is 30.7 Å². The Balaban J connectivity index is 2.26. The maximum absolute atomic E-state index is 6.29. The minimum absolute atomic E-state index is 0.0369. The zero-order valence-electron chi connectivity index (χ0n) is 12.4. The van der Waals surface area contributed by atoms with Crippen LogP contribution in [-0.2, 0) is 11.8 Å². The van der Waals surface area contributed by atoms with Crippen LogP contribution >= 0.6 is 11.6 Å². The molecule has 2 aromatic rings. The van der Waals surface area contributed by atoms with E-state index in [1.165, 1.54) is 11.1 Å². The first-order chi connectivity index (χ1) is 9.55. The summed E-state index contributed by atoms with van der Waals surface area (Å²) in [4.78, 5) is 0. The molecule has 0 heterocycles. The molecule has 106 valence electrons. The van der Waals surface area contributed by atoms with Gasteiger partial charge in [0.15, 0.2) is 0 Å². The van der Waals surface area contributed by atoms with Crippen molar-refractivity contribution in [2.75, 3.05) is 7.05 Å². The van der Waals surface area contributed by atoms with Crippen LogP contribution in [0.2, 0.25) is 5.02 Å². The van der Waals surface area contributed by atoms with Crippen LogP contribution in [0.3, 0.4) is 0 Å². The van der Waals surface area contributed by atoms with Gasteiger partial charge in [-0.25, -0.2) is 0 Å². The molecule has 1 nitrogen and oxygen atoms in total. The highest BCUT2D eigenvalue weighted by atomic mass is 35.5. The Morgan fingerprint density at radius 2 is 1.60 bits per heavy atom. The van der Waals surface area contributed by atoms with Crippen molar-refractivity contribution < 1.29 is 0 Å². The second kappa shape index (κ2) is 6.43. The molecule has 0 amide bonds. The molecule has 0 spiro atoms. The van der Waals surface area contributed by atoms with Crippen LogP contribution < -0.4 is 5.32 Å². The maximum Gasteiger partial charge on any atom is 0.0438 e. The summed E-state index contributed by atoms with van der Waals surface area (Å²) in [5.41, 5.74) is 2.57. The third-order valence-electron chi connectivity index (χ3n) is 4.12. The largest absolute Gasteiger partial charge is 0.316 e. The second-order valence-electron chi connectivity index (χ2n) is 5.72. The van der Waals surface area contributed by atoms with E-state index in [1.807, 2.05) is 25.2 Å². The fourth-order valence-electron chi connectivity index (χ4n) is 2.67. The smallest absolute Gasteiger partial charge is 0.0438 e. The van der Waals surface area contributed by atoms with Gasteiger partial charge in [0.25, 0.3) is 0 Å². The van der Waals surface area contributed by atoms with Crippen molar-refractivity contribution in [1.82, 2.24) is 5.32 Å². The first-order valence-corrected chi connectivity index (χ1v) is 7.39. The Morgan fingerprint density at radius 3 is 2.20 bits per heavy atom. The summed E-state index contributed by atoms with van der Waals surface area (Å²) in [6.07, 6.45) is 0.915. The molecule has 2 aromatic carbocycles. The Hall–Kier alpha value is -1.31. The molecule has 0 fully saturated rings. The van der Waals surface area contributed by atoms with Gasteiger partial charge in [0.2, 0.25) is 0 Å². The molecule has 20 heavy (non-hydrogen) atoms. The highest BCUT2D eigenvalue weighted by molar-refractivity contribution is 6.31. The van der Waals surface area contributed by atoms with Crippen LogP contribution in [0.5, 0.6) is 0 Å². The topological polar surface area (TPSA) is 12.0 Å². The molecule has 0 saturated carbocycles. The van der Waals surface area contributed by atoms with E-state index in [0.717, 1.165) is 11.4 Å². The Labute approximate surface area is 127 Å². The average Bonchev–Trinajstić information content (AvgIpc) is 2.47. The van der Waals surface area contributed by atoms with Gasteiger partial charge >= 0.3 is 0 Å². The molecular formula is C18H22ClN. The Kier molecular flexibility index (Phi) is 4.85. The molecule has 0 aromatic heterocycles. The average molecular weight is 288 g/mol. The predicted octanol–water partition coefficient (Wildman–Crippen LogP) is 4.45. The molecule has 0 bridgehead atoms. The zero-order chi connectivity index (χ0) is 14.6. The SMILES string of the molecule is CNC(Cc1ccccc1Cl)C(C)(C)c1ccccc1. The summed E-state index contributed by atoms with van der Waals surface area (Å²) >= 11 is 6.29. The lowest BCUT2D eigenvalue weighted by Gasteiger charge is -2.35. The standard InChI is InChI=1S/C18H22ClN/c1-18(2,15-10-5-4-6-11-15)17(20-3)13-14-9-7-8-12-16(14)19/h4-12,17,20H,13H2,1-3H3. The predicted molar refractivity (Wildman–Crippen MR) is 87.5 cm³/mol. The Morgan fingerprint density at radius 1 is 1.00 bits per heavy atom. The van der Waals surface area contributed by atoms with E-state index in [0.29, 0.717) is 6.04 Å². The van der Waals surface area contributed by atoms with Gasteiger partial charge in [-0.1, -0.05) is 74.0 Å². The first-order valence-electron chi connectivity index (χ1n) is 7.02. The number of hydrogen-bond donors (Lipinski definition) is 1. The minimum atomic E-state index is 0.0369. The lowest BCUT2D eigenvalue weighted by atomic mass is 9.75. The van der Waals surface area contributed by atoms with Crippen LogP contribution in [0.25, 0.3) is 0 Å². The highest BCUT2D eigenvalue weighted by Crippen LogP contribution is 2.30. The molecule has 2 heteroatoms. The quantitative estimate of drug-likeness (QED) is 0.857. The van der Waals surface area contributed by atoms with Crippen LogP contribution in [0, 0.1) is 0 Å².